The number of hydrogen-bond acceptors (Lipinski definition) is 3. The zero-order valence-corrected chi connectivity index (χ0v) is 52.5. The number of benzene rings is 11. The zero-order chi connectivity index (χ0) is 59.9. The fourth-order valence-electron chi connectivity index (χ4n) is 15.3. The van der Waals surface area contributed by atoms with Crippen LogP contribution in [0.3, 0.4) is 0 Å². The fourth-order valence-corrected chi connectivity index (χ4v) is 15.3. The molecule has 2 aliphatic carbocycles. The largest absolute Gasteiger partial charge is 0.310 e. The van der Waals surface area contributed by atoms with Gasteiger partial charge in [0.05, 0.1) is 16.8 Å². The summed E-state index contributed by atoms with van der Waals surface area (Å²) in [6.07, 6.45) is 0. The van der Waals surface area contributed by atoms with Crippen LogP contribution in [0, 0.1) is 69.2 Å². The Morgan fingerprint density at radius 1 is 0.291 bits per heavy atom. The summed E-state index contributed by atoms with van der Waals surface area (Å²) < 4.78 is 0. The lowest BCUT2D eigenvalue weighted by Gasteiger charge is -2.47. The second kappa shape index (κ2) is 20.0. The van der Waals surface area contributed by atoms with Gasteiger partial charge in [-0.1, -0.05) is 166 Å². The third kappa shape index (κ3) is 8.07. The molecule has 86 heavy (non-hydrogen) atoms. The van der Waals surface area contributed by atoms with Gasteiger partial charge in [-0.2, -0.15) is 0 Å². The average molecular weight is 1120 g/mol. The highest BCUT2D eigenvalue weighted by molar-refractivity contribution is 5.92. The van der Waals surface area contributed by atoms with Crippen molar-refractivity contribution < 1.29 is 0 Å². The van der Waals surface area contributed by atoms with Crippen molar-refractivity contribution in [1.29, 1.82) is 0 Å². The Morgan fingerprint density at radius 3 is 1.16 bits per heavy atom. The molecule has 0 saturated heterocycles. The summed E-state index contributed by atoms with van der Waals surface area (Å²) >= 11 is 0. The van der Waals surface area contributed by atoms with Crippen molar-refractivity contribution in [2.75, 3.05) is 14.7 Å². The van der Waals surface area contributed by atoms with Gasteiger partial charge in [-0.15, -0.1) is 0 Å². The highest BCUT2D eigenvalue weighted by Gasteiger charge is 2.47. The minimum Gasteiger partial charge on any atom is -0.310 e. The molecule has 0 N–H and O–H groups in total. The second-order valence-electron chi connectivity index (χ2n) is 26.2. The number of anilines is 9. The van der Waals surface area contributed by atoms with Gasteiger partial charge in [0.15, 0.2) is 0 Å². The molecule has 0 unspecified atom stereocenters. The van der Waals surface area contributed by atoms with Gasteiger partial charge in [-0.3, -0.25) is 0 Å². The summed E-state index contributed by atoms with van der Waals surface area (Å²) in [5.41, 5.74) is 37.9. The maximum absolute atomic E-state index is 2.52. The molecule has 0 fully saturated rings. The highest BCUT2D eigenvalue weighted by Crippen LogP contribution is 2.60. The Kier molecular flexibility index (Phi) is 12.7. The molecule has 0 aromatic heterocycles. The molecule has 0 atom stereocenters. The maximum Gasteiger partial charge on any atom is 0.0742 e. The van der Waals surface area contributed by atoms with E-state index >= 15 is 0 Å². The van der Waals surface area contributed by atoms with Crippen molar-refractivity contribution in [2.24, 2.45) is 0 Å². The number of para-hydroxylation sites is 1. The SMILES string of the molecule is Cc1ccc(N2c3ccccc3C(c3ccc(N(c4ccc5c(c4)C(C)(C)c4ccccc4-5)c4cc(C)c(C)c(C)c4C)cc3)(c3ccc(N(c4ccc5c(c4)C(C)(C)c4ccccc4-5)c4cc(C)c(C)c(C)c4C)cc3)c3cc(C)ccc32)cc1. The van der Waals surface area contributed by atoms with Gasteiger partial charge in [0.2, 0.25) is 0 Å². The van der Waals surface area contributed by atoms with Crippen molar-refractivity contribution in [2.45, 2.75) is 113 Å². The van der Waals surface area contributed by atoms with Crippen LogP contribution in [0.15, 0.2) is 212 Å². The summed E-state index contributed by atoms with van der Waals surface area (Å²) in [7, 11) is 0. The third-order valence-electron chi connectivity index (χ3n) is 20.8. The van der Waals surface area contributed by atoms with E-state index in [2.05, 4.69) is 324 Å². The van der Waals surface area contributed by atoms with Gasteiger partial charge < -0.3 is 14.7 Å². The first-order chi connectivity index (χ1) is 41.3. The molecular formula is C83H77N3. The van der Waals surface area contributed by atoms with E-state index in [1.165, 1.54) is 139 Å². The van der Waals surface area contributed by atoms with Crippen molar-refractivity contribution in [3.63, 3.8) is 0 Å². The lowest BCUT2D eigenvalue weighted by Crippen LogP contribution is -2.38. The minimum atomic E-state index is -0.751. The van der Waals surface area contributed by atoms with Gasteiger partial charge in [-0.25, -0.2) is 0 Å². The van der Waals surface area contributed by atoms with Crippen LogP contribution in [0.25, 0.3) is 22.3 Å². The number of nitrogens with zero attached hydrogens (tertiary/aromatic N) is 3. The molecular weight excluding hydrogens is 1040 g/mol. The lowest BCUT2D eigenvalue weighted by molar-refractivity contribution is 0.660. The van der Waals surface area contributed by atoms with Crippen LogP contribution >= 0.6 is 0 Å². The Labute approximate surface area is 510 Å². The Hall–Kier alpha value is -9.18. The van der Waals surface area contributed by atoms with Crippen LogP contribution in [0.1, 0.15) is 128 Å². The van der Waals surface area contributed by atoms with Crippen molar-refractivity contribution in [3.05, 3.63) is 312 Å². The number of hydrogen-bond donors (Lipinski definition) is 0. The van der Waals surface area contributed by atoms with E-state index in [-0.39, 0.29) is 10.8 Å². The van der Waals surface area contributed by atoms with Crippen LogP contribution in [0.5, 0.6) is 0 Å². The van der Waals surface area contributed by atoms with Crippen LogP contribution in [-0.2, 0) is 16.2 Å². The molecule has 0 amide bonds. The third-order valence-corrected chi connectivity index (χ3v) is 20.8. The van der Waals surface area contributed by atoms with Crippen molar-refractivity contribution in [1.82, 2.24) is 0 Å². The summed E-state index contributed by atoms with van der Waals surface area (Å²) in [5, 5.41) is 0. The first-order valence-electron chi connectivity index (χ1n) is 30.8. The van der Waals surface area contributed by atoms with E-state index in [4.69, 9.17) is 0 Å². The van der Waals surface area contributed by atoms with Crippen LogP contribution in [-0.4, -0.2) is 0 Å². The molecule has 0 spiro atoms. The number of aryl methyl sites for hydroxylation is 4. The van der Waals surface area contributed by atoms with Gasteiger partial charge in [0.25, 0.3) is 0 Å². The summed E-state index contributed by atoms with van der Waals surface area (Å²) in [6, 6.07) is 81.8. The standard InChI is InChI=1S/C83H77N3/c1-50-27-34-64(35-28-50)86-77-26-20-19-25-73(77)83(76-45-51(2)29-44-78(76)86,60-30-36-62(37-31-60)84(79-46-52(3)54(5)56(7)58(79)9)65-40-42-69-67-21-15-17-23-71(67)81(11,12)74(69)48-65)61-32-38-63(39-33-61)85(80-47-53(4)55(6)57(8)59(80)10)66-41-43-70-68-22-16-18-24-72(68)82(13,14)75(70)49-66/h15-49H,1-14H3. The summed E-state index contributed by atoms with van der Waals surface area (Å²) in [5.74, 6) is 0. The smallest absolute Gasteiger partial charge is 0.0742 e. The van der Waals surface area contributed by atoms with Gasteiger partial charge in [0.1, 0.15) is 0 Å². The normalized spacial score (nSPS) is 14.4. The van der Waals surface area contributed by atoms with Crippen molar-refractivity contribution >= 4 is 51.2 Å². The molecule has 11 aromatic rings. The molecule has 3 aliphatic rings. The number of fused-ring (bicyclic) bond motifs is 8. The fraction of sp³-hybridized carbons (Fsp3) is 0.205. The molecule has 1 aliphatic heterocycles. The molecule has 3 nitrogen and oxygen atoms in total. The first-order valence-corrected chi connectivity index (χ1v) is 30.8. The second-order valence-corrected chi connectivity index (χ2v) is 26.2. The van der Waals surface area contributed by atoms with E-state index in [0.29, 0.717) is 0 Å². The Balaban J connectivity index is 0.992. The van der Waals surface area contributed by atoms with Gasteiger partial charge >= 0.3 is 0 Å². The molecule has 14 rings (SSSR count). The molecule has 0 radical (unpaired) electrons. The van der Waals surface area contributed by atoms with Gasteiger partial charge in [-0.05, 0) is 265 Å². The maximum atomic E-state index is 2.52. The topological polar surface area (TPSA) is 9.72 Å². The highest BCUT2D eigenvalue weighted by atomic mass is 15.2. The van der Waals surface area contributed by atoms with Crippen molar-refractivity contribution in [3.8, 4) is 22.3 Å². The monoisotopic (exact) mass is 1120 g/mol. The quantitative estimate of drug-likeness (QED) is 0.143. The van der Waals surface area contributed by atoms with E-state index in [9.17, 15) is 0 Å². The molecule has 0 bridgehead atoms. The molecule has 0 saturated carbocycles. The predicted octanol–water partition coefficient (Wildman–Crippen LogP) is 22.5. The predicted molar refractivity (Wildman–Crippen MR) is 365 cm³/mol. The Bertz CT molecular complexity index is 4350. The molecule has 424 valence electrons. The molecule has 3 heteroatoms. The average Bonchev–Trinajstić information content (AvgIpc) is 0.972. The molecule has 1 heterocycles. The van der Waals surface area contributed by atoms with E-state index in [1.807, 2.05) is 0 Å². The lowest BCUT2D eigenvalue weighted by atomic mass is 9.62. The molecule has 11 aromatic carbocycles. The zero-order valence-electron chi connectivity index (χ0n) is 52.5. The minimum absolute atomic E-state index is 0.154. The first kappa shape index (κ1) is 54.7. The van der Waals surface area contributed by atoms with E-state index in [0.717, 1.165) is 34.1 Å². The van der Waals surface area contributed by atoms with Crippen LogP contribution in [0.4, 0.5) is 51.2 Å². The van der Waals surface area contributed by atoms with Crippen LogP contribution < -0.4 is 14.7 Å². The summed E-state index contributed by atoms with van der Waals surface area (Å²) in [6.45, 7) is 32.2. The van der Waals surface area contributed by atoms with Crippen LogP contribution in [0.2, 0.25) is 0 Å². The van der Waals surface area contributed by atoms with E-state index < -0.39 is 5.41 Å². The Morgan fingerprint density at radius 2 is 0.686 bits per heavy atom. The van der Waals surface area contributed by atoms with E-state index in [1.54, 1.807) is 0 Å². The summed E-state index contributed by atoms with van der Waals surface area (Å²) in [4.78, 5) is 7.54. The number of rotatable bonds is 9. The van der Waals surface area contributed by atoms with Gasteiger partial charge in [0, 0.05) is 50.6 Å².